The van der Waals surface area contributed by atoms with Crippen LogP contribution in [0.25, 0.3) is 0 Å². The SMILES string of the molecule is CN=C(NCc1ncnn1C)NCC1(N2CCOCC2)CCCCC1. The van der Waals surface area contributed by atoms with Crippen molar-refractivity contribution in [2.24, 2.45) is 12.0 Å². The van der Waals surface area contributed by atoms with Crippen LogP contribution in [0.4, 0.5) is 0 Å². The van der Waals surface area contributed by atoms with Gasteiger partial charge in [-0.15, -0.1) is 0 Å². The average molecular weight is 349 g/mol. The van der Waals surface area contributed by atoms with Crippen molar-refractivity contribution in [3.8, 4) is 0 Å². The zero-order chi connectivity index (χ0) is 17.5. The number of aryl methyl sites for hydroxylation is 1. The first kappa shape index (κ1) is 18.1. The minimum Gasteiger partial charge on any atom is -0.379 e. The van der Waals surface area contributed by atoms with Gasteiger partial charge in [-0.25, -0.2) is 4.98 Å². The van der Waals surface area contributed by atoms with Crippen molar-refractivity contribution < 1.29 is 4.74 Å². The molecule has 1 saturated carbocycles. The van der Waals surface area contributed by atoms with Gasteiger partial charge in [-0.3, -0.25) is 14.6 Å². The molecule has 0 bridgehead atoms. The van der Waals surface area contributed by atoms with E-state index in [0.29, 0.717) is 6.54 Å². The quantitative estimate of drug-likeness (QED) is 0.596. The fourth-order valence-electron chi connectivity index (χ4n) is 3.96. The molecule has 2 heterocycles. The molecule has 1 aromatic rings. The summed E-state index contributed by atoms with van der Waals surface area (Å²) in [5, 5.41) is 11.0. The molecule has 0 aromatic carbocycles. The summed E-state index contributed by atoms with van der Waals surface area (Å²) in [7, 11) is 3.71. The van der Waals surface area contributed by atoms with Gasteiger partial charge in [-0.1, -0.05) is 19.3 Å². The number of hydrogen-bond acceptors (Lipinski definition) is 5. The summed E-state index contributed by atoms with van der Waals surface area (Å²) in [6.45, 7) is 5.30. The van der Waals surface area contributed by atoms with Gasteiger partial charge in [0.05, 0.1) is 19.8 Å². The van der Waals surface area contributed by atoms with Gasteiger partial charge in [-0.2, -0.15) is 5.10 Å². The Labute approximate surface area is 150 Å². The Balaban J connectivity index is 1.58. The third kappa shape index (κ3) is 4.49. The first-order valence-electron chi connectivity index (χ1n) is 9.34. The van der Waals surface area contributed by atoms with Crippen molar-refractivity contribution in [1.29, 1.82) is 0 Å². The summed E-state index contributed by atoms with van der Waals surface area (Å²) in [6, 6.07) is 0. The van der Waals surface area contributed by atoms with Crippen LogP contribution in [0.3, 0.4) is 0 Å². The van der Waals surface area contributed by atoms with E-state index in [1.165, 1.54) is 32.1 Å². The van der Waals surface area contributed by atoms with Crippen molar-refractivity contribution in [3.05, 3.63) is 12.2 Å². The van der Waals surface area contributed by atoms with Crippen LogP contribution in [-0.4, -0.2) is 71.1 Å². The summed E-state index contributed by atoms with van der Waals surface area (Å²) >= 11 is 0. The number of morpholine rings is 1. The molecule has 0 atom stereocenters. The third-order valence-corrected chi connectivity index (χ3v) is 5.49. The highest BCUT2D eigenvalue weighted by atomic mass is 16.5. The number of nitrogens with zero attached hydrogens (tertiary/aromatic N) is 5. The van der Waals surface area contributed by atoms with Crippen LogP contribution in [0, 0.1) is 0 Å². The van der Waals surface area contributed by atoms with E-state index in [1.807, 2.05) is 14.1 Å². The second-order valence-corrected chi connectivity index (χ2v) is 6.96. The van der Waals surface area contributed by atoms with Gasteiger partial charge in [0.25, 0.3) is 0 Å². The molecule has 1 saturated heterocycles. The molecule has 2 N–H and O–H groups in total. The fraction of sp³-hybridized carbons (Fsp3) is 0.824. The molecule has 25 heavy (non-hydrogen) atoms. The minimum atomic E-state index is 0.227. The summed E-state index contributed by atoms with van der Waals surface area (Å²) < 4.78 is 7.33. The van der Waals surface area contributed by atoms with Crippen LogP contribution in [0.1, 0.15) is 37.9 Å². The van der Waals surface area contributed by atoms with Gasteiger partial charge in [0.2, 0.25) is 0 Å². The molecule has 140 valence electrons. The lowest BCUT2D eigenvalue weighted by atomic mass is 9.80. The molecule has 3 rings (SSSR count). The van der Waals surface area contributed by atoms with Gasteiger partial charge in [0.15, 0.2) is 5.96 Å². The average Bonchev–Trinajstić information content (AvgIpc) is 3.08. The molecule has 0 unspecified atom stereocenters. The van der Waals surface area contributed by atoms with Crippen LogP contribution in [-0.2, 0) is 18.3 Å². The van der Waals surface area contributed by atoms with E-state index in [-0.39, 0.29) is 5.54 Å². The number of rotatable bonds is 5. The van der Waals surface area contributed by atoms with Crippen molar-refractivity contribution in [2.75, 3.05) is 39.9 Å². The van der Waals surface area contributed by atoms with E-state index in [9.17, 15) is 0 Å². The Hall–Kier alpha value is -1.67. The highest BCUT2D eigenvalue weighted by Crippen LogP contribution is 2.33. The van der Waals surface area contributed by atoms with Crippen LogP contribution in [0.5, 0.6) is 0 Å². The number of nitrogens with one attached hydrogen (secondary N) is 2. The molecule has 8 heteroatoms. The van der Waals surface area contributed by atoms with E-state index in [4.69, 9.17) is 4.74 Å². The van der Waals surface area contributed by atoms with Crippen molar-refractivity contribution in [2.45, 2.75) is 44.2 Å². The molecular formula is C17H31N7O. The number of aromatic nitrogens is 3. The maximum absolute atomic E-state index is 5.56. The predicted octanol–water partition coefficient (Wildman–Crippen LogP) is 0.515. The van der Waals surface area contributed by atoms with Gasteiger partial charge in [-0.05, 0) is 12.8 Å². The van der Waals surface area contributed by atoms with Crippen LogP contribution < -0.4 is 10.6 Å². The lowest BCUT2D eigenvalue weighted by molar-refractivity contribution is -0.0352. The molecule has 0 amide bonds. The first-order chi connectivity index (χ1) is 12.2. The van der Waals surface area contributed by atoms with Crippen molar-refractivity contribution in [1.82, 2.24) is 30.3 Å². The Bertz CT molecular complexity index is 559. The van der Waals surface area contributed by atoms with Gasteiger partial charge < -0.3 is 15.4 Å². The zero-order valence-corrected chi connectivity index (χ0v) is 15.5. The molecule has 2 aliphatic rings. The first-order valence-corrected chi connectivity index (χ1v) is 9.34. The van der Waals surface area contributed by atoms with E-state index < -0.39 is 0 Å². The summed E-state index contributed by atoms with van der Waals surface area (Å²) in [6.07, 6.45) is 8.04. The fourth-order valence-corrected chi connectivity index (χ4v) is 3.96. The Morgan fingerprint density at radius 1 is 1.24 bits per heavy atom. The van der Waals surface area contributed by atoms with Crippen molar-refractivity contribution in [3.63, 3.8) is 0 Å². The van der Waals surface area contributed by atoms with E-state index in [2.05, 4.69) is 30.6 Å². The summed E-state index contributed by atoms with van der Waals surface area (Å²) in [5.41, 5.74) is 0.227. The minimum absolute atomic E-state index is 0.227. The molecule has 1 aliphatic heterocycles. The van der Waals surface area contributed by atoms with E-state index in [0.717, 1.165) is 44.6 Å². The molecular weight excluding hydrogens is 318 g/mol. The maximum atomic E-state index is 5.56. The topological polar surface area (TPSA) is 79.6 Å². The molecule has 0 spiro atoms. The Morgan fingerprint density at radius 2 is 2.00 bits per heavy atom. The summed E-state index contributed by atoms with van der Waals surface area (Å²) in [4.78, 5) is 11.3. The molecule has 2 fully saturated rings. The normalized spacial score (nSPS) is 21.9. The molecule has 0 radical (unpaired) electrons. The van der Waals surface area contributed by atoms with Crippen LogP contribution in [0.2, 0.25) is 0 Å². The number of hydrogen-bond donors (Lipinski definition) is 2. The van der Waals surface area contributed by atoms with Crippen molar-refractivity contribution >= 4 is 5.96 Å². The van der Waals surface area contributed by atoms with Gasteiger partial charge in [0, 0.05) is 39.3 Å². The lowest BCUT2D eigenvalue weighted by Crippen LogP contribution is -2.60. The number of aliphatic imine (C=N–C) groups is 1. The number of ether oxygens (including phenoxy) is 1. The van der Waals surface area contributed by atoms with Gasteiger partial charge in [0.1, 0.15) is 12.2 Å². The lowest BCUT2D eigenvalue weighted by Gasteiger charge is -2.48. The summed E-state index contributed by atoms with van der Waals surface area (Å²) in [5.74, 6) is 1.71. The third-order valence-electron chi connectivity index (χ3n) is 5.49. The van der Waals surface area contributed by atoms with E-state index >= 15 is 0 Å². The van der Waals surface area contributed by atoms with Crippen LogP contribution in [0.15, 0.2) is 11.3 Å². The molecule has 1 aromatic heterocycles. The second kappa shape index (κ2) is 8.62. The predicted molar refractivity (Wildman–Crippen MR) is 97.4 cm³/mol. The smallest absolute Gasteiger partial charge is 0.191 e. The zero-order valence-electron chi connectivity index (χ0n) is 15.5. The largest absolute Gasteiger partial charge is 0.379 e. The van der Waals surface area contributed by atoms with Crippen LogP contribution >= 0.6 is 0 Å². The Kier molecular flexibility index (Phi) is 6.25. The molecule has 8 nitrogen and oxygen atoms in total. The highest BCUT2D eigenvalue weighted by molar-refractivity contribution is 5.79. The number of guanidine groups is 1. The monoisotopic (exact) mass is 349 g/mol. The maximum Gasteiger partial charge on any atom is 0.191 e. The molecule has 1 aliphatic carbocycles. The highest BCUT2D eigenvalue weighted by Gasteiger charge is 2.38. The second-order valence-electron chi connectivity index (χ2n) is 6.96. The Morgan fingerprint density at radius 3 is 2.64 bits per heavy atom. The van der Waals surface area contributed by atoms with E-state index in [1.54, 1.807) is 11.0 Å². The standard InChI is InChI=1S/C17H31N7O/c1-18-16(19-12-15-21-14-22-23(15)2)20-13-17(6-4-3-5-7-17)24-8-10-25-11-9-24/h14H,3-13H2,1-2H3,(H2,18,19,20). The van der Waals surface area contributed by atoms with Gasteiger partial charge >= 0.3 is 0 Å².